The molecule has 2 aliphatic carbocycles. The molecule has 4 aromatic heterocycles. The van der Waals surface area contributed by atoms with E-state index in [1.165, 1.54) is 64.7 Å². The second kappa shape index (κ2) is 20.4. The van der Waals surface area contributed by atoms with Gasteiger partial charge in [0.05, 0.1) is 44.5 Å². The SMILES string of the molecule is Nc1ccc(-n2nccn2)c(C(=O)N[C@H]2CCC[C@@H]2COc2ccc(F)cc2)n1.O=C(N[C@H]1CCC[C@@H]1COc1ccc(F)cc1)c1nc(NCC(F)F)ccc1-n1nccn1. The molecule has 0 saturated heterocycles. The number of carbonyl (C=O) groups excluding carboxylic acids is 2. The van der Waals surface area contributed by atoms with Gasteiger partial charge in [0.25, 0.3) is 18.2 Å². The zero-order valence-corrected chi connectivity index (χ0v) is 33.3. The third-order valence-electron chi connectivity index (χ3n) is 10.4. The van der Waals surface area contributed by atoms with Crippen molar-refractivity contribution in [2.45, 2.75) is 57.0 Å². The number of carbonyl (C=O) groups is 2. The predicted molar refractivity (Wildman–Crippen MR) is 218 cm³/mol. The van der Waals surface area contributed by atoms with Crippen LogP contribution in [0.5, 0.6) is 11.5 Å². The summed E-state index contributed by atoms with van der Waals surface area (Å²) in [5.41, 5.74) is 6.77. The minimum absolute atomic E-state index is 0.0237. The van der Waals surface area contributed by atoms with E-state index in [1.54, 1.807) is 42.5 Å². The first-order valence-electron chi connectivity index (χ1n) is 20.0. The summed E-state index contributed by atoms with van der Waals surface area (Å²) in [5.74, 6) is 0.334. The van der Waals surface area contributed by atoms with Crippen molar-refractivity contribution in [2.75, 3.05) is 30.8 Å². The van der Waals surface area contributed by atoms with E-state index in [2.05, 4.69) is 46.3 Å². The molecular formula is C42H44F4N12O4. The second-order valence-electron chi connectivity index (χ2n) is 14.6. The summed E-state index contributed by atoms with van der Waals surface area (Å²) in [7, 11) is 0. The monoisotopic (exact) mass is 856 g/mol. The molecule has 2 amide bonds. The van der Waals surface area contributed by atoms with Gasteiger partial charge in [0, 0.05) is 23.9 Å². The van der Waals surface area contributed by atoms with Gasteiger partial charge < -0.3 is 31.2 Å². The van der Waals surface area contributed by atoms with Gasteiger partial charge in [-0.3, -0.25) is 9.59 Å². The van der Waals surface area contributed by atoms with Crippen LogP contribution in [0, 0.1) is 23.5 Å². The molecule has 0 unspecified atom stereocenters. The summed E-state index contributed by atoms with van der Waals surface area (Å²) < 4.78 is 62.9. The molecule has 4 heterocycles. The van der Waals surface area contributed by atoms with E-state index >= 15 is 0 Å². The van der Waals surface area contributed by atoms with E-state index in [-0.39, 0.29) is 64.5 Å². The van der Waals surface area contributed by atoms with E-state index < -0.39 is 18.9 Å². The molecule has 8 rings (SSSR count). The Balaban J connectivity index is 0.000000188. The lowest BCUT2D eigenvalue weighted by atomic mass is 10.0. The summed E-state index contributed by atoms with van der Waals surface area (Å²) >= 11 is 0. The highest BCUT2D eigenvalue weighted by atomic mass is 19.3. The number of nitrogens with one attached hydrogen (secondary N) is 3. The van der Waals surface area contributed by atoms with E-state index in [1.807, 2.05) is 0 Å². The fraction of sp³-hybridized carbons (Fsp3) is 0.333. The molecule has 0 radical (unpaired) electrons. The van der Waals surface area contributed by atoms with Crippen LogP contribution < -0.4 is 31.2 Å². The molecule has 62 heavy (non-hydrogen) atoms. The summed E-state index contributed by atoms with van der Waals surface area (Å²) in [6.45, 7) is 0.223. The van der Waals surface area contributed by atoms with Gasteiger partial charge in [-0.05, 0) is 98.5 Å². The molecule has 16 nitrogen and oxygen atoms in total. The third-order valence-corrected chi connectivity index (χ3v) is 10.4. The van der Waals surface area contributed by atoms with Crippen molar-refractivity contribution >= 4 is 23.5 Å². The van der Waals surface area contributed by atoms with E-state index in [0.29, 0.717) is 36.1 Å². The lowest BCUT2D eigenvalue weighted by molar-refractivity contribution is 0.0905. The van der Waals surface area contributed by atoms with Crippen LogP contribution in [0.15, 0.2) is 97.6 Å². The van der Waals surface area contributed by atoms with Crippen LogP contribution in [0.25, 0.3) is 11.4 Å². The summed E-state index contributed by atoms with van der Waals surface area (Å²) in [6.07, 6.45) is 8.73. The number of anilines is 2. The maximum atomic E-state index is 13.2. The van der Waals surface area contributed by atoms with E-state index in [4.69, 9.17) is 15.2 Å². The summed E-state index contributed by atoms with van der Waals surface area (Å²) in [4.78, 5) is 37.1. The Morgan fingerprint density at radius 2 is 1.10 bits per heavy atom. The molecule has 0 bridgehead atoms. The predicted octanol–water partition coefficient (Wildman–Crippen LogP) is 5.82. The van der Waals surface area contributed by atoms with Gasteiger partial charge in [0.15, 0.2) is 11.4 Å². The van der Waals surface area contributed by atoms with Gasteiger partial charge >= 0.3 is 0 Å². The number of nitrogens with two attached hydrogens (primary N) is 1. The number of hydrogen-bond acceptors (Lipinski definition) is 12. The first-order chi connectivity index (χ1) is 30.1. The number of amides is 2. The van der Waals surface area contributed by atoms with Crippen molar-refractivity contribution in [3.05, 3.63) is 121 Å². The molecule has 2 aromatic carbocycles. The van der Waals surface area contributed by atoms with Gasteiger partial charge in [-0.15, -0.1) is 9.59 Å². The fourth-order valence-electron chi connectivity index (χ4n) is 7.33. The van der Waals surface area contributed by atoms with Crippen molar-refractivity contribution in [1.82, 2.24) is 50.6 Å². The van der Waals surface area contributed by atoms with E-state index in [9.17, 15) is 27.2 Å². The van der Waals surface area contributed by atoms with Crippen molar-refractivity contribution < 1.29 is 36.6 Å². The molecule has 0 aliphatic heterocycles. The standard InChI is InChI=1S/C22H23F3N6O2.C20H21FN6O2/c23-15-4-6-16(7-5-15)33-13-14-2-1-3-17(14)29-22(32)21-18(31-27-10-11-28-31)8-9-20(30-21)26-12-19(24)25;21-14-4-6-15(7-5-14)29-12-13-2-1-3-16(13)25-20(28)19-17(8-9-18(22)26-19)27-23-10-11-24-27/h4-11,14,17,19H,1-3,12-13H2,(H,26,30)(H,29,32);4-11,13,16H,1-3,12H2,(H2,22,26)(H,25,28)/t14-,17+;13-,16+/m11/s1. The van der Waals surface area contributed by atoms with Gasteiger partial charge in [0.1, 0.15) is 46.1 Å². The van der Waals surface area contributed by atoms with Crippen LogP contribution in [-0.2, 0) is 0 Å². The smallest absolute Gasteiger partial charge is 0.272 e. The Labute approximate surface area is 353 Å². The highest BCUT2D eigenvalue weighted by molar-refractivity contribution is 5.97. The minimum atomic E-state index is -2.56. The molecule has 20 heteroatoms. The average Bonchev–Trinajstić information content (AvgIpc) is 4.13. The number of ether oxygens (including phenoxy) is 2. The number of halogens is 4. The fourth-order valence-corrected chi connectivity index (χ4v) is 7.33. The van der Waals surface area contributed by atoms with Crippen LogP contribution >= 0.6 is 0 Å². The first kappa shape index (κ1) is 43.0. The summed E-state index contributed by atoms with van der Waals surface area (Å²) in [6, 6.07) is 17.8. The van der Waals surface area contributed by atoms with E-state index in [0.717, 1.165) is 38.5 Å². The second-order valence-corrected chi connectivity index (χ2v) is 14.6. The van der Waals surface area contributed by atoms with Gasteiger partial charge in [0.2, 0.25) is 0 Å². The number of benzene rings is 2. The molecule has 5 N–H and O–H groups in total. The molecule has 0 spiro atoms. The molecule has 4 atom stereocenters. The summed E-state index contributed by atoms with van der Waals surface area (Å²) in [5, 5.41) is 24.8. The van der Waals surface area contributed by atoms with Crippen LogP contribution in [0.1, 0.15) is 59.5 Å². The Morgan fingerprint density at radius 3 is 1.56 bits per heavy atom. The molecule has 2 saturated carbocycles. The number of aromatic nitrogens is 8. The lowest BCUT2D eigenvalue weighted by Gasteiger charge is -2.22. The third kappa shape index (κ3) is 11.4. The van der Waals surface area contributed by atoms with Gasteiger partial charge in [-0.25, -0.2) is 27.5 Å². The van der Waals surface area contributed by atoms with Gasteiger partial charge in [-0.2, -0.15) is 20.4 Å². The maximum Gasteiger partial charge on any atom is 0.272 e. The topological polar surface area (TPSA) is 202 Å². The van der Waals surface area contributed by atoms with Crippen molar-refractivity contribution in [1.29, 1.82) is 0 Å². The van der Waals surface area contributed by atoms with Crippen LogP contribution in [0.3, 0.4) is 0 Å². The lowest BCUT2D eigenvalue weighted by Crippen LogP contribution is -2.40. The highest BCUT2D eigenvalue weighted by Crippen LogP contribution is 2.29. The number of alkyl halides is 2. The Morgan fingerprint density at radius 1 is 0.645 bits per heavy atom. The number of nitrogen functional groups attached to an aromatic ring is 1. The largest absolute Gasteiger partial charge is 0.493 e. The zero-order valence-electron chi connectivity index (χ0n) is 33.3. The number of hydrogen-bond donors (Lipinski definition) is 4. The Kier molecular flexibility index (Phi) is 14.2. The van der Waals surface area contributed by atoms with Crippen LogP contribution in [0.2, 0.25) is 0 Å². The normalized spacial score (nSPS) is 18.1. The van der Waals surface area contributed by atoms with Gasteiger partial charge in [-0.1, -0.05) is 12.8 Å². The number of pyridine rings is 2. The Bertz CT molecular complexity index is 2370. The molecule has 2 aliphatic rings. The number of rotatable bonds is 15. The van der Waals surface area contributed by atoms with Crippen molar-refractivity contribution in [3.63, 3.8) is 0 Å². The molecule has 2 fully saturated rings. The zero-order chi connectivity index (χ0) is 43.4. The Hall–Kier alpha value is -7.12. The average molecular weight is 857 g/mol. The quantitative estimate of drug-likeness (QED) is 0.0904. The maximum absolute atomic E-state index is 13.2. The molecule has 324 valence electrons. The molecular weight excluding hydrogens is 813 g/mol. The first-order valence-corrected chi connectivity index (χ1v) is 20.0. The van der Waals surface area contributed by atoms with Crippen LogP contribution in [0.4, 0.5) is 29.2 Å². The van der Waals surface area contributed by atoms with Crippen molar-refractivity contribution in [3.8, 4) is 22.9 Å². The minimum Gasteiger partial charge on any atom is -0.493 e. The number of nitrogens with zero attached hydrogens (tertiary/aromatic N) is 8. The molecule has 6 aromatic rings. The highest BCUT2D eigenvalue weighted by Gasteiger charge is 2.32. The van der Waals surface area contributed by atoms with Crippen LogP contribution in [-0.4, -0.2) is 90.0 Å². The van der Waals surface area contributed by atoms with Crippen molar-refractivity contribution in [2.24, 2.45) is 11.8 Å².